The Bertz CT molecular complexity index is 293. The third-order valence-corrected chi connectivity index (χ3v) is 3.03. The van der Waals surface area contributed by atoms with Gasteiger partial charge in [0.2, 0.25) is 0 Å². The SMILES string of the molecule is CN1CCN(C2=C(F)C=CC(O)C2)CC1. The molecule has 4 heteroatoms. The molecule has 0 amide bonds. The third-order valence-electron chi connectivity index (χ3n) is 3.03. The van der Waals surface area contributed by atoms with Gasteiger partial charge in [-0.25, -0.2) is 4.39 Å². The van der Waals surface area contributed by atoms with Crippen molar-refractivity contribution in [3.63, 3.8) is 0 Å². The van der Waals surface area contributed by atoms with Crippen LogP contribution in [0.3, 0.4) is 0 Å². The van der Waals surface area contributed by atoms with Crippen LogP contribution in [0.4, 0.5) is 4.39 Å². The molecular formula is C11H17FN2O. The van der Waals surface area contributed by atoms with E-state index < -0.39 is 6.10 Å². The minimum absolute atomic E-state index is 0.190. The maximum Gasteiger partial charge on any atom is 0.142 e. The zero-order valence-electron chi connectivity index (χ0n) is 8.99. The van der Waals surface area contributed by atoms with E-state index in [1.807, 2.05) is 4.90 Å². The molecule has 15 heavy (non-hydrogen) atoms. The predicted molar refractivity (Wildman–Crippen MR) is 57.0 cm³/mol. The number of aliphatic hydroxyl groups excluding tert-OH is 1. The Kier molecular flexibility index (Phi) is 3.07. The van der Waals surface area contributed by atoms with E-state index in [0.717, 1.165) is 26.2 Å². The summed E-state index contributed by atoms with van der Waals surface area (Å²) in [6.07, 6.45) is 2.77. The highest BCUT2D eigenvalue weighted by Gasteiger charge is 2.22. The van der Waals surface area contributed by atoms with Gasteiger partial charge in [0.1, 0.15) is 5.83 Å². The summed E-state index contributed by atoms with van der Waals surface area (Å²) in [6, 6.07) is 0. The van der Waals surface area contributed by atoms with Crippen molar-refractivity contribution in [2.45, 2.75) is 12.5 Å². The van der Waals surface area contributed by atoms with Crippen molar-refractivity contribution in [2.75, 3.05) is 33.2 Å². The minimum atomic E-state index is -0.529. The molecule has 0 bridgehead atoms. The lowest BCUT2D eigenvalue weighted by Gasteiger charge is -2.36. The molecule has 0 aromatic carbocycles. The number of hydrogen-bond donors (Lipinski definition) is 1. The first-order valence-electron chi connectivity index (χ1n) is 5.35. The zero-order valence-corrected chi connectivity index (χ0v) is 8.99. The Balaban J connectivity index is 2.06. The van der Waals surface area contributed by atoms with Crippen LogP contribution in [0.25, 0.3) is 0 Å². The maximum absolute atomic E-state index is 13.5. The lowest BCUT2D eigenvalue weighted by atomic mass is 10.1. The topological polar surface area (TPSA) is 26.7 Å². The zero-order chi connectivity index (χ0) is 10.8. The second-order valence-corrected chi connectivity index (χ2v) is 4.22. The molecule has 2 rings (SSSR count). The monoisotopic (exact) mass is 212 g/mol. The highest BCUT2D eigenvalue weighted by Crippen LogP contribution is 2.24. The van der Waals surface area contributed by atoms with Crippen LogP contribution < -0.4 is 0 Å². The van der Waals surface area contributed by atoms with Crippen molar-refractivity contribution in [1.29, 1.82) is 0 Å². The molecule has 1 heterocycles. The van der Waals surface area contributed by atoms with Crippen LogP contribution >= 0.6 is 0 Å². The van der Waals surface area contributed by atoms with E-state index in [9.17, 15) is 9.50 Å². The van der Waals surface area contributed by atoms with E-state index >= 15 is 0 Å². The normalized spacial score (nSPS) is 28.7. The van der Waals surface area contributed by atoms with Crippen LogP contribution in [0.15, 0.2) is 23.7 Å². The van der Waals surface area contributed by atoms with E-state index in [2.05, 4.69) is 11.9 Å². The molecule has 1 aliphatic carbocycles. The van der Waals surface area contributed by atoms with Gasteiger partial charge in [-0.3, -0.25) is 0 Å². The summed E-state index contributed by atoms with van der Waals surface area (Å²) >= 11 is 0. The molecule has 0 spiro atoms. The molecule has 1 N–H and O–H groups in total. The van der Waals surface area contributed by atoms with Gasteiger partial charge >= 0.3 is 0 Å². The average Bonchev–Trinajstić information content (AvgIpc) is 2.23. The Morgan fingerprint density at radius 2 is 2.00 bits per heavy atom. The molecule has 2 aliphatic rings. The smallest absolute Gasteiger partial charge is 0.142 e. The quantitative estimate of drug-likeness (QED) is 0.694. The molecule has 0 aromatic rings. The average molecular weight is 212 g/mol. The van der Waals surface area contributed by atoms with Gasteiger partial charge in [0.25, 0.3) is 0 Å². The Hall–Kier alpha value is -0.870. The Morgan fingerprint density at radius 3 is 2.67 bits per heavy atom. The number of rotatable bonds is 1. The molecule has 0 saturated carbocycles. The van der Waals surface area contributed by atoms with Crippen LogP contribution in [0.2, 0.25) is 0 Å². The van der Waals surface area contributed by atoms with Crippen LogP contribution in [0.1, 0.15) is 6.42 Å². The van der Waals surface area contributed by atoms with Crippen molar-refractivity contribution in [1.82, 2.24) is 9.80 Å². The number of halogens is 1. The first-order valence-corrected chi connectivity index (χ1v) is 5.35. The Morgan fingerprint density at radius 1 is 1.33 bits per heavy atom. The molecule has 0 aromatic heterocycles. The highest BCUT2D eigenvalue weighted by molar-refractivity contribution is 5.25. The number of likely N-dealkylation sites (N-methyl/N-ethyl adjacent to an activating group) is 1. The summed E-state index contributed by atoms with van der Waals surface area (Å²) < 4.78 is 13.5. The molecule has 1 atom stereocenters. The fourth-order valence-electron chi connectivity index (χ4n) is 2.01. The second kappa shape index (κ2) is 4.33. The molecule has 1 unspecified atom stereocenters. The lowest BCUT2D eigenvalue weighted by molar-refractivity contribution is 0.155. The van der Waals surface area contributed by atoms with Gasteiger partial charge in [-0.05, 0) is 13.1 Å². The second-order valence-electron chi connectivity index (χ2n) is 4.22. The summed E-state index contributed by atoms with van der Waals surface area (Å²) in [4.78, 5) is 4.27. The molecule has 1 saturated heterocycles. The van der Waals surface area contributed by atoms with Crippen molar-refractivity contribution >= 4 is 0 Å². The number of allylic oxidation sites excluding steroid dienone is 2. The number of hydrogen-bond acceptors (Lipinski definition) is 3. The van der Waals surface area contributed by atoms with Crippen LogP contribution in [0, 0.1) is 0 Å². The van der Waals surface area contributed by atoms with Gasteiger partial charge in [0.05, 0.1) is 11.8 Å². The van der Waals surface area contributed by atoms with Crippen molar-refractivity contribution in [2.24, 2.45) is 0 Å². The van der Waals surface area contributed by atoms with Gasteiger partial charge in [0.15, 0.2) is 0 Å². The number of aliphatic hydroxyl groups is 1. The summed E-state index contributed by atoms with van der Waals surface area (Å²) in [6.45, 7) is 3.60. The molecule has 3 nitrogen and oxygen atoms in total. The summed E-state index contributed by atoms with van der Waals surface area (Å²) in [5.41, 5.74) is 0.665. The van der Waals surface area contributed by atoms with E-state index in [1.165, 1.54) is 12.2 Å². The van der Waals surface area contributed by atoms with E-state index in [4.69, 9.17) is 0 Å². The lowest BCUT2D eigenvalue weighted by Crippen LogP contribution is -2.44. The van der Waals surface area contributed by atoms with Crippen molar-refractivity contribution in [3.05, 3.63) is 23.7 Å². The summed E-state index contributed by atoms with van der Waals surface area (Å²) in [7, 11) is 2.07. The maximum atomic E-state index is 13.5. The van der Waals surface area contributed by atoms with Crippen molar-refractivity contribution < 1.29 is 9.50 Å². The van der Waals surface area contributed by atoms with Gasteiger partial charge in [-0.1, -0.05) is 6.08 Å². The molecule has 1 fully saturated rings. The first-order chi connectivity index (χ1) is 7.16. The van der Waals surface area contributed by atoms with Crippen LogP contribution in [-0.4, -0.2) is 54.2 Å². The van der Waals surface area contributed by atoms with Gasteiger partial charge in [-0.2, -0.15) is 0 Å². The number of nitrogens with zero attached hydrogens (tertiary/aromatic N) is 2. The minimum Gasteiger partial charge on any atom is -0.389 e. The highest BCUT2D eigenvalue weighted by atomic mass is 19.1. The first kappa shape index (κ1) is 10.6. The van der Waals surface area contributed by atoms with E-state index in [0.29, 0.717) is 12.1 Å². The van der Waals surface area contributed by atoms with E-state index in [-0.39, 0.29) is 5.83 Å². The molecule has 84 valence electrons. The summed E-state index contributed by atoms with van der Waals surface area (Å²) in [5.74, 6) is -0.190. The van der Waals surface area contributed by atoms with Crippen LogP contribution in [0.5, 0.6) is 0 Å². The molecular weight excluding hydrogens is 195 g/mol. The standard InChI is InChI=1S/C11H17FN2O/c1-13-4-6-14(7-5-13)11-8-9(15)2-3-10(11)12/h2-3,9,15H,4-8H2,1H3. The molecule has 1 aliphatic heterocycles. The summed E-state index contributed by atoms with van der Waals surface area (Å²) in [5, 5.41) is 9.46. The van der Waals surface area contributed by atoms with Crippen LogP contribution in [-0.2, 0) is 0 Å². The molecule has 0 radical (unpaired) electrons. The largest absolute Gasteiger partial charge is 0.389 e. The number of piperazine rings is 1. The predicted octanol–water partition coefficient (Wildman–Crippen LogP) is 0.736. The fraction of sp³-hybridized carbons (Fsp3) is 0.636. The van der Waals surface area contributed by atoms with Gasteiger partial charge in [0, 0.05) is 32.6 Å². The van der Waals surface area contributed by atoms with Gasteiger partial charge < -0.3 is 14.9 Å². The van der Waals surface area contributed by atoms with E-state index in [1.54, 1.807) is 0 Å². The fourth-order valence-corrected chi connectivity index (χ4v) is 2.01. The van der Waals surface area contributed by atoms with Crippen molar-refractivity contribution in [3.8, 4) is 0 Å². The van der Waals surface area contributed by atoms with Gasteiger partial charge in [-0.15, -0.1) is 0 Å². The third kappa shape index (κ3) is 2.38. The Labute approximate surface area is 89.5 Å².